The molecule has 1 aromatic rings. The van der Waals surface area contributed by atoms with Gasteiger partial charge in [-0.1, -0.05) is 6.92 Å². The Labute approximate surface area is 136 Å². The van der Waals surface area contributed by atoms with Gasteiger partial charge in [0.15, 0.2) is 11.5 Å². The first-order valence-corrected chi connectivity index (χ1v) is 7.77. The number of benzene rings is 1. The van der Waals surface area contributed by atoms with Gasteiger partial charge in [-0.25, -0.2) is 0 Å². The van der Waals surface area contributed by atoms with Gasteiger partial charge in [-0.05, 0) is 36.1 Å². The Kier molecular flexibility index (Phi) is 5.47. The van der Waals surface area contributed by atoms with Crippen molar-refractivity contribution < 1.29 is 24.2 Å². The van der Waals surface area contributed by atoms with E-state index in [-0.39, 0.29) is 12.3 Å². The van der Waals surface area contributed by atoms with Gasteiger partial charge < -0.3 is 19.5 Å². The van der Waals surface area contributed by atoms with Crippen molar-refractivity contribution in [3.8, 4) is 11.5 Å². The first-order valence-electron chi connectivity index (χ1n) is 7.77. The lowest BCUT2D eigenvalue weighted by Crippen LogP contribution is -2.40. The summed E-state index contributed by atoms with van der Waals surface area (Å²) in [6.07, 6.45) is 1.74. The minimum absolute atomic E-state index is 0.000755. The van der Waals surface area contributed by atoms with Crippen molar-refractivity contribution in [2.24, 2.45) is 0 Å². The molecule has 6 heteroatoms. The minimum atomic E-state index is -0.924. The number of aliphatic carboxylic acids is 1. The van der Waals surface area contributed by atoms with Crippen LogP contribution in [0.2, 0.25) is 0 Å². The molecule has 0 aliphatic carbocycles. The average molecular weight is 321 g/mol. The zero-order valence-corrected chi connectivity index (χ0v) is 13.8. The summed E-state index contributed by atoms with van der Waals surface area (Å²) < 4.78 is 10.6. The molecule has 1 aromatic carbocycles. The third kappa shape index (κ3) is 3.57. The second-order valence-corrected chi connectivity index (χ2v) is 5.61. The summed E-state index contributed by atoms with van der Waals surface area (Å²) in [6, 6.07) is 3.22. The number of hydrogen-bond donors (Lipinski definition) is 1. The summed E-state index contributed by atoms with van der Waals surface area (Å²) in [6.45, 7) is 2.47. The predicted molar refractivity (Wildman–Crippen MR) is 84.9 cm³/mol. The number of carboxylic acid groups (broad SMARTS) is 1. The number of methoxy groups -OCH3 is 2. The van der Waals surface area contributed by atoms with Crippen LogP contribution < -0.4 is 9.47 Å². The molecule has 126 valence electrons. The van der Waals surface area contributed by atoms with Crippen LogP contribution in [0.1, 0.15) is 43.4 Å². The van der Waals surface area contributed by atoms with Crippen molar-refractivity contribution in [3.05, 3.63) is 23.3 Å². The van der Waals surface area contributed by atoms with E-state index < -0.39 is 12.0 Å². The van der Waals surface area contributed by atoms with Crippen molar-refractivity contribution >= 4 is 11.9 Å². The molecule has 1 amide bonds. The molecular formula is C17H23NO5. The highest BCUT2D eigenvalue weighted by molar-refractivity contribution is 5.78. The van der Waals surface area contributed by atoms with Gasteiger partial charge in [0.25, 0.3) is 0 Å². The monoisotopic (exact) mass is 321 g/mol. The van der Waals surface area contributed by atoms with Crippen LogP contribution in [0.5, 0.6) is 11.5 Å². The number of carboxylic acids is 1. The Hall–Kier alpha value is -2.24. The van der Waals surface area contributed by atoms with Crippen molar-refractivity contribution in [2.45, 2.75) is 38.6 Å². The number of hydrogen-bond acceptors (Lipinski definition) is 4. The molecule has 0 aromatic heterocycles. The number of amides is 1. The smallest absolute Gasteiger partial charge is 0.305 e. The van der Waals surface area contributed by atoms with E-state index in [1.165, 1.54) is 0 Å². The Morgan fingerprint density at radius 3 is 2.48 bits per heavy atom. The van der Waals surface area contributed by atoms with Crippen LogP contribution in [0.3, 0.4) is 0 Å². The van der Waals surface area contributed by atoms with E-state index in [1.54, 1.807) is 25.2 Å². The second-order valence-electron chi connectivity index (χ2n) is 5.61. The number of fused-ring (bicyclic) bond motifs is 1. The van der Waals surface area contributed by atoms with Gasteiger partial charge in [-0.3, -0.25) is 9.59 Å². The molecule has 6 nitrogen and oxygen atoms in total. The number of nitrogens with zero attached hydrogens (tertiary/aromatic N) is 1. The van der Waals surface area contributed by atoms with Gasteiger partial charge >= 0.3 is 5.97 Å². The second kappa shape index (κ2) is 7.35. The molecule has 1 heterocycles. The molecule has 2 rings (SSSR count). The number of carbonyl (C=O) groups excluding carboxylic acids is 1. The fourth-order valence-electron chi connectivity index (χ4n) is 3.07. The summed E-state index contributed by atoms with van der Waals surface area (Å²) in [5.74, 6) is 0.242. The van der Waals surface area contributed by atoms with Crippen molar-refractivity contribution in [2.75, 3.05) is 20.8 Å². The molecule has 1 unspecified atom stereocenters. The summed E-state index contributed by atoms with van der Waals surface area (Å²) in [7, 11) is 3.11. The lowest BCUT2D eigenvalue weighted by molar-refractivity contribution is -0.141. The van der Waals surface area contributed by atoms with E-state index in [9.17, 15) is 14.7 Å². The largest absolute Gasteiger partial charge is 0.493 e. The molecule has 1 atom stereocenters. The first kappa shape index (κ1) is 17.1. The molecule has 1 N–H and O–H groups in total. The zero-order chi connectivity index (χ0) is 17.0. The highest BCUT2D eigenvalue weighted by atomic mass is 16.5. The number of ether oxygens (including phenoxy) is 2. The van der Waals surface area contributed by atoms with Crippen LogP contribution in [-0.4, -0.2) is 42.6 Å². The van der Waals surface area contributed by atoms with E-state index >= 15 is 0 Å². The lowest BCUT2D eigenvalue weighted by atomic mass is 9.89. The van der Waals surface area contributed by atoms with Crippen molar-refractivity contribution in [1.29, 1.82) is 0 Å². The molecule has 0 saturated carbocycles. The maximum Gasteiger partial charge on any atom is 0.305 e. The van der Waals surface area contributed by atoms with E-state index in [2.05, 4.69) is 0 Å². The fourth-order valence-corrected chi connectivity index (χ4v) is 3.07. The van der Waals surface area contributed by atoms with Gasteiger partial charge in [-0.15, -0.1) is 0 Å². The quantitative estimate of drug-likeness (QED) is 0.870. The minimum Gasteiger partial charge on any atom is -0.493 e. The Morgan fingerprint density at radius 2 is 1.91 bits per heavy atom. The van der Waals surface area contributed by atoms with Crippen LogP contribution in [0.4, 0.5) is 0 Å². The van der Waals surface area contributed by atoms with Gasteiger partial charge in [0, 0.05) is 13.0 Å². The maximum atomic E-state index is 12.4. The normalized spacial score (nSPS) is 16.7. The predicted octanol–water partition coefficient (Wildman–Crippen LogP) is 2.40. The van der Waals surface area contributed by atoms with Gasteiger partial charge in [0.05, 0.1) is 26.7 Å². The summed E-state index contributed by atoms with van der Waals surface area (Å²) in [5.41, 5.74) is 1.84. The molecular weight excluding hydrogens is 298 g/mol. The maximum absolute atomic E-state index is 12.4. The van der Waals surface area contributed by atoms with Gasteiger partial charge in [0.2, 0.25) is 5.91 Å². The molecule has 1 aliphatic rings. The highest BCUT2D eigenvalue weighted by Crippen LogP contribution is 2.39. The standard InChI is InChI=1S/C17H23NO5/c1-4-5-16(19)18-7-6-11-8-14(22-2)15(23-3)9-12(11)13(18)10-17(20)21/h8-9,13H,4-7,10H2,1-3H3,(H,20,21). The summed E-state index contributed by atoms with van der Waals surface area (Å²) in [5, 5.41) is 9.25. The van der Waals surface area contributed by atoms with E-state index in [1.807, 2.05) is 13.0 Å². The van der Waals surface area contributed by atoms with Crippen molar-refractivity contribution in [3.63, 3.8) is 0 Å². The molecule has 23 heavy (non-hydrogen) atoms. The Bertz CT molecular complexity index is 599. The molecule has 0 spiro atoms. The number of carbonyl (C=O) groups is 2. The molecule has 0 fully saturated rings. The average Bonchev–Trinajstić information content (AvgIpc) is 2.53. The topological polar surface area (TPSA) is 76.1 Å². The third-order valence-electron chi connectivity index (χ3n) is 4.15. The van der Waals surface area contributed by atoms with Crippen LogP contribution in [0, 0.1) is 0 Å². The fraction of sp³-hybridized carbons (Fsp3) is 0.529. The molecule has 1 aliphatic heterocycles. The molecule has 0 radical (unpaired) electrons. The SMILES string of the molecule is CCCC(=O)N1CCc2cc(OC)c(OC)cc2C1CC(=O)O. The summed E-state index contributed by atoms with van der Waals surface area (Å²) >= 11 is 0. The number of rotatable bonds is 6. The first-order chi connectivity index (χ1) is 11.0. The van der Waals surface area contributed by atoms with Crippen LogP contribution >= 0.6 is 0 Å². The molecule has 0 saturated heterocycles. The van der Waals surface area contributed by atoms with Crippen molar-refractivity contribution in [1.82, 2.24) is 4.90 Å². The van der Waals surface area contributed by atoms with Crippen LogP contribution in [0.15, 0.2) is 12.1 Å². The third-order valence-corrected chi connectivity index (χ3v) is 4.15. The zero-order valence-electron chi connectivity index (χ0n) is 13.8. The van der Waals surface area contributed by atoms with Crippen LogP contribution in [0.25, 0.3) is 0 Å². The summed E-state index contributed by atoms with van der Waals surface area (Å²) in [4.78, 5) is 25.3. The lowest BCUT2D eigenvalue weighted by Gasteiger charge is -2.37. The Balaban J connectivity index is 2.45. The molecule has 0 bridgehead atoms. The van der Waals surface area contributed by atoms with E-state index in [0.29, 0.717) is 30.9 Å². The van der Waals surface area contributed by atoms with E-state index in [0.717, 1.165) is 17.5 Å². The Morgan fingerprint density at radius 1 is 1.26 bits per heavy atom. The highest BCUT2D eigenvalue weighted by Gasteiger charge is 2.33. The van der Waals surface area contributed by atoms with Gasteiger partial charge in [-0.2, -0.15) is 0 Å². The van der Waals surface area contributed by atoms with E-state index in [4.69, 9.17) is 9.47 Å². The van der Waals surface area contributed by atoms with Crippen LogP contribution in [-0.2, 0) is 16.0 Å². The van der Waals surface area contributed by atoms with Gasteiger partial charge in [0.1, 0.15) is 0 Å².